The van der Waals surface area contributed by atoms with Crippen LogP contribution in [0.25, 0.3) is 0 Å². The van der Waals surface area contributed by atoms with Crippen molar-refractivity contribution < 1.29 is 9.90 Å². The topological polar surface area (TPSA) is 49.3 Å². The third-order valence-corrected chi connectivity index (χ3v) is 3.84. The van der Waals surface area contributed by atoms with Crippen molar-refractivity contribution in [1.29, 1.82) is 0 Å². The highest BCUT2D eigenvalue weighted by Gasteiger charge is 2.29. The normalized spacial score (nSPS) is 13.1. The number of benzene rings is 1. The molecule has 4 heteroatoms. The summed E-state index contributed by atoms with van der Waals surface area (Å²) < 4.78 is 0.972. The van der Waals surface area contributed by atoms with Crippen LogP contribution in [0.3, 0.4) is 0 Å². The molecule has 1 aromatic rings. The highest BCUT2D eigenvalue weighted by atomic mass is 79.9. The van der Waals surface area contributed by atoms with Gasteiger partial charge in [-0.05, 0) is 43.9 Å². The van der Waals surface area contributed by atoms with Crippen LogP contribution in [0.5, 0.6) is 0 Å². The number of rotatable bonds is 6. The highest BCUT2D eigenvalue weighted by Crippen LogP contribution is 2.26. The number of nitrogens with one attached hydrogen (secondary N) is 1. The highest BCUT2D eigenvalue weighted by molar-refractivity contribution is 9.10. The molecule has 2 N–H and O–H groups in total. The SMILES string of the molecule is CC(CCO)CNC(=O)C(C)(C)c1cccc(Br)c1. The Bertz CT molecular complexity index is 432. The number of aliphatic hydroxyl groups excluding tert-OH is 1. The van der Waals surface area contributed by atoms with E-state index in [1.54, 1.807) is 0 Å². The molecule has 0 aliphatic carbocycles. The summed E-state index contributed by atoms with van der Waals surface area (Å²) in [4.78, 5) is 12.3. The molecule has 0 fully saturated rings. The van der Waals surface area contributed by atoms with Crippen LogP contribution in [0.15, 0.2) is 28.7 Å². The number of carbonyl (C=O) groups excluding carboxylic acids is 1. The molecule has 1 atom stereocenters. The zero-order valence-corrected chi connectivity index (χ0v) is 13.3. The molecule has 0 spiro atoms. The predicted molar refractivity (Wildman–Crippen MR) is 81.0 cm³/mol. The van der Waals surface area contributed by atoms with Crippen LogP contribution in [0.1, 0.15) is 32.8 Å². The van der Waals surface area contributed by atoms with Crippen molar-refractivity contribution in [3.8, 4) is 0 Å². The second-order valence-electron chi connectivity index (χ2n) is 5.46. The first-order valence-corrected chi connectivity index (χ1v) is 7.32. The number of halogens is 1. The van der Waals surface area contributed by atoms with Gasteiger partial charge in [0.1, 0.15) is 0 Å². The molecule has 19 heavy (non-hydrogen) atoms. The first-order valence-electron chi connectivity index (χ1n) is 6.53. The maximum absolute atomic E-state index is 12.3. The molecule has 106 valence electrons. The fourth-order valence-electron chi connectivity index (χ4n) is 1.82. The van der Waals surface area contributed by atoms with Gasteiger partial charge in [0, 0.05) is 17.6 Å². The molecule has 1 rings (SSSR count). The van der Waals surface area contributed by atoms with Gasteiger partial charge >= 0.3 is 0 Å². The zero-order chi connectivity index (χ0) is 14.5. The fraction of sp³-hybridized carbons (Fsp3) is 0.533. The molecular formula is C15H22BrNO2. The molecule has 0 aliphatic rings. The van der Waals surface area contributed by atoms with Crippen molar-refractivity contribution in [3.63, 3.8) is 0 Å². The molecule has 0 aliphatic heterocycles. The number of hydrogen-bond acceptors (Lipinski definition) is 2. The van der Waals surface area contributed by atoms with Crippen LogP contribution < -0.4 is 5.32 Å². The molecular weight excluding hydrogens is 306 g/mol. The Labute approximate surface area is 123 Å². The van der Waals surface area contributed by atoms with Gasteiger partial charge in [-0.1, -0.05) is 35.0 Å². The Morgan fingerprint density at radius 3 is 2.74 bits per heavy atom. The summed E-state index contributed by atoms with van der Waals surface area (Å²) in [5.41, 5.74) is 0.414. The maximum Gasteiger partial charge on any atom is 0.230 e. The average molecular weight is 328 g/mol. The number of hydrogen-bond donors (Lipinski definition) is 2. The Morgan fingerprint density at radius 1 is 1.47 bits per heavy atom. The van der Waals surface area contributed by atoms with Crippen molar-refractivity contribution in [1.82, 2.24) is 5.32 Å². The summed E-state index contributed by atoms with van der Waals surface area (Å²) in [5.74, 6) is 0.294. The lowest BCUT2D eigenvalue weighted by Gasteiger charge is -2.25. The van der Waals surface area contributed by atoms with Crippen LogP contribution in [0.4, 0.5) is 0 Å². The van der Waals surface area contributed by atoms with Gasteiger partial charge < -0.3 is 10.4 Å². The molecule has 1 unspecified atom stereocenters. The monoisotopic (exact) mass is 327 g/mol. The van der Waals surface area contributed by atoms with Gasteiger partial charge in [-0.2, -0.15) is 0 Å². The fourth-order valence-corrected chi connectivity index (χ4v) is 2.22. The molecule has 0 aromatic heterocycles. The van der Waals surface area contributed by atoms with Crippen LogP contribution in [0.2, 0.25) is 0 Å². The van der Waals surface area contributed by atoms with Gasteiger partial charge in [-0.3, -0.25) is 4.79 Å². The lowest BCUT2D eigenvalue weighted by molar-refractivity contribution is -0.125. The van der Waals surface area contributed by atoms with Crippen molar-refractivity contribution in [2.45, 2.75) is 32.6 Å². The predicted octanol–water partition coefficient (Wildman–Crippen LogP) is 2.86. The van der Waals surface area contributed by atoms with E-state index in [9.17, 15) is 4.79 Å². The quantitative estimate of drug-likeness (QED) is 0.844. The van der Waals surface area contributed by atoms with Crippen LogP contribution >= 0.6 is 15.9 Å². The molecule has 0 heterocycles. The minimum absolute atomic E-state index is 0.00962. The summed E-state index contributed by atoms with van der Waals surface area (Å²) in [5, 5.41) is 11.8. The standard InChI is InChI=1S/C15H22BrNO2/c1-11(7-8-18)10-17-14(19)15(2,3)12-5-4-6-13(16)9-12/h4-6,9,11,18H,7-8,10H2,1-3H3,(H,17,19). The molecule has 0 radical (unpaired) electrons. The van der Waals surface area contributed by atoms with Crippen LogP contribution in [0, 0.1) is 5.92 Å². The van der Waals surface area contributed by atoms with Crippen LogP contribution in [-0.2, 0) is 10.2 Å². The summed E-state index contributed by atoms with van der Waals surface area (Å²) in [7, 11) is 0. The number of amides is 1. The second kappa shape index (κ2) is 7.06. The van der Waals surface area contributed by atoms with Gasteiger partial charge in [0.15, 0.2) is 0 Å². The lowest BCUT2D eigenvalue weighted by Crippen LogP contribution is -2.41. The Morgan fingerprint density at radius 2 is 2.16 bits per heavy atom. The summed E-state index contributed by atoms with van der Waals surface area (Å²) in [6.07, 6.45) is 0.706. The van der Waals surface area contributed by atoms with Gasteiger partial charge in [0.25, 0.3) is 0 Å². The molecule has 1 amide bonds. The Hall–Kier alpha value is -0.870. The van der Waals surface area contributed by atoms with Crippen LogP contribution in [-0.4, -0.2) is 24.2 Å². The van der Waals surface area contributed by atoms with Crippen molar-refractivity contribution in [2.24, 2.45) is 5.92 Å². The largest absolute Gasteiger partial charge is 0.396 e. The molecule has 1 aromatic carbocycles. The number of aliphatic hydroxyl groups is 1. The summed E-state index contributed by atoms with van der Waals surface area (Å²) >= 11 is 3.43. The van der Waals surface area contributed by atoms with E-state index in [2.05, 4.69) is 21.2 Å². The van der Waals surface area contributed by atoms with E-state index in [4.69, 9.17) is 5.11 Å². The Balaban J connectivity index is 2.69. The van der Waals surface area contributed by atoms with E-state index < -0.39 is 5.41 Å². The van der Waals surface area contributed by atoms with E-state index >= 15 is 0 Å². The lowest BCUT2D eigenvalue weighted by atomic mass is 9.83. The van der Waals surface area contributed by atoms with Gasteiger partial charge in [0.2, 0.25) is 5.91 Å². The molecule has 0 saturated carbocycles. The first-order chi connectivity index (χ1) is 8.87. The van der Waals surface area contributed by atoms with E-state index in [1.807, 2.05) is 45.0 Å². The first kappa shape index (κ1) is 16.2. The van der Waals surface area contributed by atoms with E-state index in [0.717, 1.165) is 10.0 Å². The van der Waals surface area contributed by atoms with Crippen molar-refractivity contribution in [3.05, 3.63) is 34.3 Å². The summed E-state index contributed by atoms with van der Waals surface area (Å²) in [6, 6.07) is 7.81. The minimum atomic E-state index is -0.567. The van der Waals surface area contributed by atoms with Gasteiger partial charge in [0.05, 0.1) is 5.41 Å². The third kappa shape index (κ3) is 4.62. The number of carbonyl (C=O) groups is 1. The third-order valence-electron chi connectivity index (χ3n) is 3.35. The van der Waals surface area contributed by atoms with E-state index in [-0.39, 0.29) is 18.4 Å². The molecule has 3 nitrogen and oxygen atoms in total. The van der Waals surface area contributed by atoms with E-state index in [0.29, 0.717) is 13.0 Å². The zero-order valence-electron chi connectivity index (χ0n) is 11.7. The van der Waals surface area contributed by atoms with Crippen molar-refractivity contribution >= 4 is 21.8 Å². The molecule has 0 saturated heterocycles. The van der Waals surface area contributed by atoms with E-state index in [1.165, 1.54) is 0 Å². The molecule has 0 bridgehead atoms. The Kier molecular flexibility index (Phi) is 6.01. The minimum Gasteiger partial charge on any atom is -0.396 e. The van der Waals surface area contributed by atoms with Gasteiger partial charge in [-0.25, -0.2) is 0 Å². The summed E-state index contributed by atoms with van der Waals surface area (Å²) in [6.45, 7) is 6.60. The van der Waals surface area contributed by atoms with Gasteiger partial charge in [-0.15, -0.1) is 0 Å². The second-order valence-corrected chi connectivity index (χ2v) is 6.38. The smallest absolute Gasteiger partial charge is 0.230 e. The van der Waals surface area contributed by atoms with Crippen molar-refractivity contribution in [2.75, 3.05) is 13.2 Å². The average Bonchev–Trinajstić information content (AvgIpc) is 2.36. The maximum atomic E-state index is 12.3.